The summed E-state index contributed by atoms with van der Waals surface area (Å²) >= 11 is 4.00. The molecule has 0 aliphatic rings. The Morgan fingerprint density at radius 2 is 1.34 bits per heavy atom. The molecule has 1 rings (SSSR count). The first-order valence-electron chi connectivity index (χ1n) is 10.4. The average Bonchev–Trinajstić information content (AvgIpc) is 2.76. The van der Waals surface area contributed by atoms with Crippen molar-refractivity contribution >= 4 is 34.5 Å². The molecule has 0 atom stereocenters. The number of nitrogens with one attached hydrogen (secondary N) is 2. The number of amides is 2. The number of thiol groups is 1. The lowest BCUT2D eigenvalue weighted by atomic mass is 10.2. The zero-order valence-electron chi connectivity index (χ0n) is 18.1. The second-order valence-corrected chi connectivity index (χ2v) is 8.70. The van der Waals surface area contributed by atoms with Crippen LogP contribution in [-0.4, -0.2) is 78.7 Å². The number of carbonyl (C=O) groups excluding carboxylic acids is 2. The minimum atomic E-state index is -3.77. The summed E-state index contributed by atoms with van der Waals surface area (Å²) in [5.74, 6) is 0.249. The number of primary sulfonamides is 1. The number of rotatable bonds is 18. The number of sulfonamides is 1. The second kappa shape index (κ2) is 16.9. The smallest absolute Gasteiger partial charge is 0.251 e. The second-order valence-electron chi connectivity index (χ2n) is 6.69. The van der Waals surface area contributed by atoms with E-state index in [1.165, 1.54) is 24.3 Å². The maximum absolute atomic E-state index is 12.0. The largest absolute Gasteiger partial charge is 0.379 e. The normalized spacial score (nSPS) is 11.3. The van der Waals surface area contributed by atoms with Gasteiger partial charge in [0.2, 0.25) is 15.9 Å². The standard InChI is InChI=1S/C20H33N3O7S2/c21-32(26,27)18-5-3-17(4-6-18)20(25)23-9-2-11-29-13-15-30-14-12-28-10-1-8-22-19(24)7-16-31/h3-6,31H,1-2,7-16H2,(H,22,24)(H,23,25)(H2,21,26,27). The Balaban J connectivity index is 1.91. The zero-order chi connectivity index (χ0) is 23.7. The Morgan fingerprint density at radius 3 is 1.84 bits per heavy atom. The molecule has 10 nitrogen and oxygen atoms in total. The molecule has 0 heterocycles. The highest BCUT2D eigenvalue weighted by atomic mass is 32.2. The summed E-state index contributed by atoms with van der Waals surface area (Å²) in [4.78, 5) is 23.2. The van der Waals surface area contributed by atoms with Crippen LogP contribution in [0.15, 0.2) is 29.2 Å². The predicted octanol–water partition coefficient (Wildman–Crippen LogP) is 0.330. The minimum absolute atomic E-state index is 0.00265. The van der Waals surface area contributed by atoms with Crippen LogP contribution in [0.4, 0.5) is 0 Å². The van der Waals surface area contributed by atoms with Gasteiger partial charge in [0.15, 0.2) is 0 Å². The highest BCUT2D eigenvalue weighted by Gasteiger charge is 2.09. The van der Waals surface area contributed by atoms with Crippen molar-refractivity contribution in [3.05, 3.63) is 29.8 Å². The lowest BCUT2D eigenvalue weighted by Gasteiger charge is -2.08. The quantitative estimate of drug-likeness (QED) is 0.171. The molecule has 0 aliphatic carbocycles. The Labute approximate surface area is 195 Å². The summed E-state index contributed by atoms with van der Waals surface area (Å²) in [6, 6.07) is 5.42. The molecule has 0 saturated heterocycles. The summed E-state index contributed by atoms with van der Waals surface area (Å²) < 4.78 is 38.6. The van der Waals surface area contributed by atoms with Crippen LogP contribution in [-0.2, 0) is 29.0 Å². The molecule has 0 radical (unpaired) electrons. The molecule has 12 heteroatoms. The van der Waals surface area contributed by atoms with Crippen LogP contribution in [0, 0.1) is 0 Å². The van der Waals surface area contributed by atoms with Gasteiger partial charge in [0.05, 0.1) is 31.3 Å². The molecule has 0 unspecified atom stereocenters. The van der Waals surface area contributed by atoms with Crippen LogP contribution in [0.5, 0.6) is 0 Å². The summed E-state index contributed by atoms with van der Waals surface area (Å²) in [6.07, 6.45) is 1.81. The fourth-order valence-corrected chi connectivity index (χ4v) is 3.13. The van der Waals surface area contributed by atoms with Crippen molar-refractivity contribution in [1.82, 2.24) is 10.6 Å². The van der Waals surface area contributed by atoms with Crippen molar-refractivity contribution in [3.8, 4) is 0 Å². The van der Waals surface area contributed by atoms with Crippen molar-refractivity contribution in [1.29, 1.82) is 0 Å². The van der Waals surface area contributed by atoms with E-state index in [0.717, 1.165) is 6.42 Å². The Morgan fingerprint density at radius 1 is 0.844 bits per heavy atom. The Hall–Kier alpha value is -1.70. The highest BCUT2D eigenvalue weighted by molar-refractivity contribution is 7.89. The first-order chi connectivity index (χ1) is 15.3. The Kier molecular flexibility index (Phi) is 14.9. The molecule has 32 heavy (non-hydrogen) atoms. The van der Waals surface area contributed by atoms with Gasteiger partial charge in [-0.1, -0.05) is 0 Å². The van der Waals surface area contributed by atoms with E-state index in [9.17, 15) is 18.0 Å². The van der Waals surface area contributed by atoms with Gasteiger partial charge >= 0.3 is 0 Å². The highest BCUT2D eigenvalue weighted by Crippen LogP contribution is 2.08. The minimum Gasteiger partial charge on any atom is -0.379 e. The molecule has 0 spiro atoms. The molecule has 0 aliphatic heterocycles. The number of carbonyl (C=O) groups is 2. The molecule has 2 amide bonds. The van der Waals surface area contributed by atoms with E-state index >= 15 is 0 Å². The van der Waals surface area contributed by atoms with Gasteiger partial charge in [-0.2, -0.15) is 12.6 Å². The van der Waals surface area contributed by atoms with E-state index in [0.29, 0.717) is 76.9 Å². The third kappa shape index (κ3) is 13.7. The number of hydrogen-bond donors (Lipinski definition) is 4. The maximum atomic E-state index is 12.0. The molecule has 182 valence electrons. The van der Waals surface area contributed by atoms with Crippen LogP contribution in [0.3, 0.4) is 0 Å². The fourth-order valence-electron chi connectivity index (χ4n) is 2.41. The maximum Gasteiger partial charge on any atom is 0.251 e. The molecular weight excluding hydrogens is 458 g/mol. The van der Waals surface area contributed by atoms with E-state index in [1.54, 1.807) is 0 Å². The number of hydrogen-bond acceptors (Lipinski definition) is 8. The van der Waals surface area contributed by atoms with Crippen molar-refractivity contribution in [2.75, 3.05) is 58.5 Å². The van der Waals surface area contributed by atoms with E-state index in [2.05, 4.69) is 23.3 Å². The van der Waals surface area contributed by atoms with Crippen LogP contribution >= 0.6 is 12.6 Å². The van der Waals surface area contributed by atoms with Gasteiger partial charge in [0.1, 0.15) is 0 Å². The van der Waals surface area contributed by atoms with Gasteiger partial charge in [-0.05, 0) is 42.9 Å². The summed E-state index contributed by atoms with van der Waals surface area (Å²) in [7, 11) is -3.77. The van der Waals surface area contributed by atoms with Crippen molar-refractivity contribution in [2.24, 2.45) is 5.14 Å². The summed E-state index contributed by atoms with van der Waals surface area (Å²) in [6.45, 7) is 3.90. The summed E-state index contributed by atoms with van der Waals surface area (Å²) in [5.41, 5.74) is 0.354. The van der Waals surface area contributed by atoms with Gasteiger partial charge < -0.3 is 24.8 Å². The van der Waals surface area contributed by atoms with Crippen molar-refractivity contribution in [2.45, 2.75) is 24.2 Å². The third-order valence-corrected chi connectivity index (χ3v) is 5.22. The molecular formula is C20H33N3O7S2. The topological polar surface area (TPSA) is 146 Å². The number of ether oxygens (including phenoxy) is 3. The van der Waals surface area contributed by atoms with Gasteiger partial charge in [0.25, 0.3) is 5.91 Å². The zero-order valence-corrected chi connectivity index (χ0v) is 19.8. The van der Waals surface area contributed by atoms with Gasteiger partial charge in [-0.3, -0.25) is 9.59 Å². The van der Waals surface area contributed by atoms with Crippen molar-refractivity contribution < 1.29 is 32.2 Å². The first-order valence-corrected chi connectivity index (χ1v) is 12.5. The lowest BCUT2D eigenvalue weighted by Crippen LogP contribution is -2.25. The molecule has 4 N–H and O–H groups in total. The van der Waals surface area contributed by atoms with Crippen LogP contribution in [0.2, 0.25) is 0 Å². The number of benzene rings is 1. The van der Waals surface area contributed by atoms with E-state index in [-0.39, 0.29) is 16.7 Å². The lowest BCUT2D eigenvalue weighted by molar-refractivity contribution is -0.120. The van der Waals surface area contributed by atoms with Crippen LogP contribution in [0.25, 0.3) is 0 Å². The van der Waals surface area contributed by atoms with E-state index in [1.807, 2.05) is 0 Å². The van der Waals surface area contributed by atoms with Gasteiger partial charge in [-0.25, -0.2) is 13.6 Å². The fraction of sp³-hybridized carbons (Fsp3) is 0.600. The molecule has 1 aromatic rings. The van der Waals surface area contributed by atoms with Gasteiger partial charge in [0, 0.05) is 38.3 Å². The third-order valence-electron chi connectivity index (χ3n) is 4.07. The average molecular weight is 492 g/mol. The van der Waals surface area contributed by atoms with Gasteiger partial charge in [-0.15, -0.1) is 0 Å². The monoisotopic (exact) mass is 491 g/mol. The first kappa shape index (κ1) is 28.3. The SMILES string of the molecule is NS(=O)(=O)c1ccc(C(=O)NCCCOCCOCCOCCCNC(=O)CCS)cc1. The van der Waals surface area contributed by atoms with E-state index < -0.39 is 10.0 Å². The number of nitrogens with two attached hydrogens (primary N) is 1. The summed E-state index contributed by atoms with van der Waals surface area (Å²) in [5, 5.41) is 10.5. The van der Waals surface area contributed by atoms with Crippen LogP contribution in [0.1, 0.15) is 29.6 Å². The molecule has 0 aromatic heterocycles. The molecule has 1 aromatic carbocycles. The predicted molar refractivity (Wildman–Crippen MR) is 123 cm³/mol. The van der Waals surface area contributed by atoms with Crippen molar-refractivity contribution in [3.63, 3.8) is 0 Å². The van der Waals surface area contributed by atoms with Crippen LogP contribution < -0.4 is 15.8 Å². The Bertz CT molecular complexity index is 774. The van der Waals surface area contributed by atoms with E-state index in [4.69, 9.17) is 19.3 Å². The molecule has 0 saturated carbocycles. The molecule has 0 bridgehead atoms. The molecule has 0 fully saturated rings.